The van der Waals surface area contributed by atoms with Crippen LogP contribution in [0.15, 0.2) is 60.7 Å². The van der Waals surface area contributed by atoms with Gasteiger partial charge in [0.1, 0.15) is 6.04 Å². The second-order valence-corrected chi connectivity index (χ2v) is 8.52. The van der Waals surface area contributed by atoms with Crippen LogP contribution in [0.3, 0.4) is 0 Å². The van der Waals surface area contributed by atoms with E-state index in [1.165, 1.54) is 11.6 Å². The van der Waals surface area contributed by atoms with Crippen LogP contribution in [-0.2, 0) is 25.5 Å². The number of nitrogens with one attached hydrogen (secondary N) is 2. The minimum atomic E-state index is -0.844. The van der Waals surface area contributed by atoms with E-state index in [2.05, 4.69) is 10.6 Å². The third-order valence-electron chi connectivity index (χ3n) is 5.19. The fourth-order valence-corrected chi connectivity index (χ4v) is 3.89. The number of hydrogen-bond acceptors (Lipinski definition) is 5. The Morgan fingerprint density at radius 3 is 2.65 bits per heavy atom. The molecule has 0 bridgehead atoms. The van der Waals surface area contributed by atoms with Crippen molar-refractivity contribution in [3.8, 4) is 0 Å². The Labute approximate surface area is 209 Å². The first-order chi connectivity index (χ1) is 16.4. The number of rotatable bonds is 8. The fourth-order valence-electron chi connectivity index (χ4n) is 3.45. The molecule has 1 saturated heterocycles. The summed E-state index contributed by atoms with van der Waals surface area (Å²) >= 11 is 11.2. The number of benzene rings is 2. The van der Waals surface area contributed by atoms with Crippen molar-refractivity contribution in [1.82, 2.24) is 15.5 Å². The van der Waals surface area contributed by atoms with Gasteiger partial charge in [0, 0.05) is 24.2 Å². The number of hydrogen-bond donors (Lipinski definition) is 2. The van der Waals surface area contributed by atoms with E-state index in [4.69, 9.17) is 28.6 Å². The minimum Gasteiger partial charge on any atom is -0.466 e. The van der Waals surface area contributed by atoms with E-state index in [1.807, 2.05) is 30.3 Å². The van der Waals surface area contributed by atoms with Gasteiger partial charge in [0.05, 0.1) is 13.0 Å². The van der Waals surface area contributed by atoms with Crippen molar-refractivity contribution in [2.45, 2.75) is 25.3 Å². The standard InChI is InChI=1S/C25H26ClN3O4S/c26-20-11-8-19(9-12-20)10-13-22(30)28-25(34)29-15-14-27-24(32)21(29)17-23(31)33-16-4-7-18-5-2-1-3-6-18/h1-3,5-6,8-13,21H,4,7,14-17H2,(H,27,32)(H,28,30,34)/b13-10+. The van der Waals surface area contributed by atoms with Crippen molar-refractivity contribution in [1.29, 1.82) is 0 Å². The van der Waals surface area contributed by atoms with Crippen LogP contribution >= 0.6 is 23.8 Å². The summed E-state index contributed by atoms with van der Waals surface area (Å²) in [5.74, 6) is -1.26. The molecule has 2 amide bonds. The van der Waals surface area contributed by atoms with Gasteiger partial charge >= 0.3 is 5.97 Å². The molecule has 0 spiro atoms. The summed E-state index contributed by atoms with van der Waals surface area (Å²) in [4.78, 5) is 38.6. The van der Waals surface area contributed by atoms with Gasteiger partial charge in [-0.15, -0.1) is 0 Å². The normalized spacial score (nSPS) is 15.6. The quantitative estimate of drug-likeness (QED) is 0.251. The first kappa shape index (κ1) is 25.4. The maximum absolute atomic E-state index is 12.4. The summed E-state index contributed by atoms with van der Waals surface area (Å²) in [7, 11) is 0. The number of carbonyl (C=O) groups excluding carboxylic acids is 3. The van der Waals surface area contributed by atoms with Gasteiger partial charge in [0.2, 0.25) is 11.8 Å². The largest absolute Gasteiger partial charge is 0.466 e. The van der Waals surface area contributed by atoms with E-state index in [1.54, 1.807) is 35.2 Å². The van der Waals surface area contributed by atoms with Crippen molar-refractivity contribution in [2.24, 2.45) is 0 Å². The lowest BCUT2D eigenvalue weighted by molar-refractivity contribution is -0.147. The lowest BCUT2D eigenvalue weighted by Crippen LogP contribution is -2.60. The van der Waals surface area contributed by atoms with Gasteiger partial charge in [-0.2, -0.15) is 0 Å². The number of piperazine rings is 1. The molecule has 0 saturated carbocycles. The maximum atomic E-state index is 12.4. The molecule has 1 atom stereocenters. The van der Waals surface area contributed by atoms with Gasteiger partial charge in [-0.1, -0.05) is 54.1 Å². The van der Waals surface area contributed by atoms with Crippen molar-refractivity contribution in [3.05, 3.63) is 76.8 Å². The van der Waals surface area contributed by atoms with Gasteiger partial charge in [-0.05, 0) is 54.4 Å². The lowest BCUT2D eigenvalue weighted by Gasteiger charge is -2.36. The lowest BCUT2D eigenvalue weighted by atomic mass is 10.1. The summed E-state index contributed by atoms with van der Waals surface area (Å²) in [5.41, 5.74) is 1.97. The zero-order valence-corrected chi connectivity index (χ0v) is 20.1. The predicted octanol–water partition coefficient (Wildman–Crippen LogP) is 3.12. The highest BCUT2D eigenvalue weighted by Crippen LogP contribution is 2.12. The summed E-state index contributed by atoms with van der Waals surface area (Å²) in [6, 6.07) is 16.1. The fraction of sp³-hybridized carbons (Fsp3) is 0.280. The minimum absolute atomic E-state index is 0.0856. The van der Waals surface area contributed by atoms with Crippen LogP contribution in [0, 0.1) is 0 Å². The Hall–Kier alpha value is -3.23. The molecule has 3 rings (SSSR count). The van der Waals surface area contributed by atoms with E-state index in [0.29, 0.717) is 24.5 Å². The molecule has 178 valence electrons. The molecule has 1 unspecified atom stereocenters. The van der Waals surface area contributed by atoms with Crippen molar-refractivity contribution < 1.29 is 19.1 Å². The highest BCUT2D eigenvalue weighted by atomic mass is 35.5. The molecule has 0 radical (unpaired) electrons. The number of amides is 2. The molecule has 2 aromatic carbocycles. The molecule has 7 nitrogen and oxygen atoms in total. The number of esters is 1. The highest BCUT2D eigenvalue weighted by molar-refractivity contribution is 7.80. The van der Waals surface area contributed by atoms with Crippen LogP contribution in [-0.4, -0.2) is 53.5 Å². The number of halogens is 1. The Morgan fingerprint density at radius 2 is 1.91 bits per heavy atom. The molecule has 1 fully saturated rings. The second kappa shape index (κ2) is 12.9. The third kappa shape index (κ3) is 7.97. The van der Waals surface area contributed by atoms with Crippen LogP contribution in [0.2, 0.25) is 5.02 Å². The van der Waals surface area contributed by atoms with E-state index in [-0.39, 0.29) is 24.0 Å². The van der Waals surface area contributed by atoms with E-state index in [9.17, 15) is 14.4 Å². The van der Waals surface area contributed by atoms with Gasteiger partial charge in [0.15, 0.2) is 5.11 Å². The van der Waals surface area contributed by atoms with Crippen molar-refractivity contribution in [2.75, 3.05) is 19.7 Å². The predicted molar refractivity (Wildman–Crippen MR) is 135 cm³/mol. The molecular weight excluding hydrogens is 474 g/mol. The van der Waals surface area contributed by atoms with Crippen LogP contribution in [0.4, 0.5) is 0 Å². The smallest absolute Gasteiger partial charge is 0.308 e. The topological polar surface area (TPSA) is 87.7 Å². The average Bonchev–Trinajstić information content (AvgIpc) is 2.83. The number of carbonyl (C=O) groups is 3. The summed E-state index contributed by atoms with van der Waals surface area (Å²) < 4.78 is 5.32. The van der Waals surface area contributed by atoms with Crippen LogP contribution in [0.1, 0.15) is 24.0 Å². The zero-order valence-electron chi connectivity index (χ0n) is 18.5. The second-order valence-electron chi connectivity index (χ2n) is 7.69. The molecule has 1 aliphatic rings. The Morgan fingerprint density at radius 1 is 1.18 bits per heavy atom. The average molecular weight is 500 g/mol. The number of ether oxygens (including phenoxy) is 1. The third-order valence-corrected chi connectivity index (χ3v) is 5.78. The highest BCUT2D eigenvalue weighted by Gasteiger charge is 2.34. The van der Waals surface area contributed by atoms with Crippen molar-refractivity contribution >= 4 is 52.8 Å². The summed E-state index contributed by atoms with van der Waals surface area (Å²) in [5, 5.41) is 6.02. The molecule has 1 heterocycles. The van der Waals surface area contributed by atoms with Crippen molar-refractivity contribution in [3.63, 3.8) is 0 Å². The van der Waals surface area contributed by atoms with E-state index >= 15 is 0 Å². The molecule has 2 N–H and O–H groups in total. The van der Waals surface area contributed by atoms with Crippen LogP contribution in [0.5, 0.6) is 0 Å². The zero-order chi connectivity index (χ0) is 24.3. The Kier molecular flexibility index (Phi) is 9.61. The van der Waals surface area contributed by atoms with Gasteiger partial charge in [-0.3, -0.25) is 19.7 Å². The monoisotopic (exact) mass is 499 g/mol. The Bertz CT molecular complexity index is 1040. The van der Waals surface area contributed by atoms with Crippen LogP contribution < -0.4 is 10.6 Å². The number of aryl methyl sites for hydroxylation is 1. The molecule has 34 heavy (non-hydrogen) atoms. The first-order valence-corrected chi connectivity index (χ1v) is 11.7. The summed E-state index contributed by atoms with van der Waals surface area (Å²) in [6.07, 6.45) is 4.29. The van der Waals surface area contributed by atoms with Gasteiger partial charge in [-0.25, -0.2) is 0 Å². The summed E-state index contributed by atoms with van der Waals surface area (Å²) in [6.45, 7) is 0.995. The molecule has 0 aliphatic carbocycles. The van der Waals surface area contributed by atoms with Gasteiger partial charge < -0.3 is 15.0 Å². The first-order valence-electron chi connectivity index (χ1n) is 10.9. The molecule has 9 heteroatoms. The maximum Gasteiger partial charge on any atom is 0.308 e. The van der Waals surface area contributed by atoms with Crippen LogP contribution in [0.25, 0.3) is 6.08 Å². The number of thiocarbonyl (C=S) groups is 1. The SMILES string of the molecule is O=C(/C=C/c1ccc(Cl)cc1)NC(=S)N1CCNC(=O)C1CC(=O)OCCCc1ccccc1. The molecular formula is C25H26ClN3O4S. The number of nitrogens with zero attached hydrogens (tertiary/aromatic N) is 1. The molecule has 1 aliphatic heterocycles. The molecule has 0 aromatic heterocycles. The van der Waals surface area contributed by atoms with Gasteiger partial charge in [0.25, 0.3) is 0 Å². The van der Waals surface area contributed by atoms with E-state index in [0.717, 1.165) is 12.0 Å². The molecule has 2 aromatic rings. The van der Waals surface area contributed by atoms with E-state index < -0.39 is 17.9 Å². The Balaban J connectivity index is 1.49.